The molecule has 4 aliphatic carbocycles. The summed E-state index contributed by atoms with van der Waals surface area (Å²) in [6.07, 6.45) is 9.77. The van der Waals surface area contributed by atoms with Crippen molar-refractivity contribution in [1.29, 1.82) is 0 Å². The smallest absolute Gasteiger partial charge is 0.133 e. The fourth-order valence-corrected chi connectivity index (χ4v) is 8.17. The van der Waals surface area contributed by atoms with Crippen molar-refractivity contribution in [3.05, 3.63) is 0 Å². The van der Waals surface area contributed by atoms with Crippen LogP contribution >= 0.6 is 0 Å². The number of Topliss-reactive ketones (excluding diaryl/α,β-unsaturated/α-hetero) is 1. The van der Waals surface area contributed by atoms with Gasteiger partial charge < -0.3 is 5.11 Å². The topological polar surface area (TPSA) is 37.3 Å². The van der Waals surface area contributed by atoms with Gasteiger partial charge in [0.25, 0.3) is 0 Å². The Kier molecular flexibility index (Phi) is 3.95. The molecule has 0 aromatic carbocycles. The molecule has 24 heavy (non-hydrogen) atoms. The van der Waals surface area contributed by atoms with Crippen molar-refractivity contribution in [3.8, 4) is 0 Å². The largest absolute Gasteiger partial charge is 0.393 e. The van der Waals surface area contributed by atoms with Crippen LogP contribution in [0.25, 0.3) is 0 Å². The van der Waals surface area contributed by atoms with E-state index in [1.165, 1.54) is 38.5 Å². The molecule has 0 bridgehead atoms. The maximum Gasteiger partial charge on any atom is 0.133 e. The Morgan fingerprint density at radius 2 is 1.71 bits per heavy atom. The predicted octanol–water partition coefficient (Wildman–Crippen LogP) is 4.84. The van der Waals surface area contributed by atoms with Gasteiger partial charge in [-0.05, 0) is 98.7 Å². The number of fused-ring (bicyclic) bond motifs is 5. The van der Waals surface area contributed by atoms with Crippen molar-refractivity contribution < 1.29 is 9.90 Å². The molecule has 0 heterocycles. The van der Waals surface area contributed by atoms with Crippen LogP contribution in [0.1, 0.15) is 79.1 Å². The number of hydrogen-bond acceptors (Lipinski definition) is 2. The molecule has 4 fully saturated rings. The Labute approximate surface area is 147 Å². The molecule has 0 amide bonds. The van der Waals surface area contributed by atoms with E-state index in [1.54, 1.807) is 0 Å². The predicted molar refractivity (Wildman–Crippen MR) is 96.5 cm³/mol. The van der Waals surface area contributed by atoms with Crippen LogP contribution in [0.15, 0.2) is 0 Å². The van der Waals surface area contributed by atoms with Gasteiger partial charge in [-0.2, -0.15) is 0 Å². The normalized spacial score (nSPS) is 57.0. The first-order chi connectivity index (χ1) is 11.3. The summed E-state index contributed by atoms with van der Waals surface area (Å²) in [5, 5.41) is 10.6. The highest BCUT2D eigenvalue weighted by Crippen LogP contribution is 2.67. The number of carbonyl (C=O) groups excluding carboxylic acids is 1. The van der Waals surface area contributed by atoms with Crippen molar-refractivity contribution in [2.75, 3.05) is 0 Å². The lowest BCUT2D eigenvalue weighted by molar-refractivity contribution is -0.147. The molecule has 1 N–H and O–H groups in total. The molecule has 9 atom stereocenters. The van der Waals surface area contributed by atoms with Crippen LogP contribution in [0.4, 0.5) is 0 Å². The summed E-state index contributed by atoms with van der Waals surface area (Å²) in [5.41, 5.74) is 0.598. The summed E-state index contributed by atoms with van der Waals surface area (Å²) in [6.45, 7) is 8.99. The SMILES string of the molecule is CC(=O)[C@H]1CCC2C3CCC4CC(C)C(O)C[C@]4(C)C3CC[C@@]21C. The number of carbonyl (C=O) groups is 1. The molecule has 136 valence electrons. The van der Waals surface area contributed by atoms with Crippen LogP contribution in [0, 0.1) is 46.3 Å². The minimum absolute atomic E-state index is 0.105. The molecule has 2 heteroatoms. The van der Waals surface area contributed by atoms with Gasteiger partial charge in [0.05, 0.1) is 6.10 Å². The molecule has 0 radical (unpaired) electrons. The lowest BCUT2D eigenvalue weighted by atomic mass is 9.44. The van der Waals surface area contributed by atoms with Crippen LogP contribution in [-0.2, 0) is 4.79 Å². The summed E-state index contributed by atoms with van der Waals surface area (Å²) < 4.78 is 0. The Morgan fingerprint density at radius 1 is 1.00 bits per heavy atom. The third-order valence-electron chi connectivity index (χ3n) is 9.52. The van der Waals surface area contributed by atoms with Gasteiger partial charge in [0.1, 0.15) is 5.78 Å². The fourth-order valence-electron chi connectivity index (χ4n) is 8.17. The molecule has 6 unspecified atom stereocenters. The first-order valence-corrected chi connectivity index (χ1v) is 10.5. The highest BCUT2D eigenvalue weighted by molar-refractivity contribution is 5.79. The molecular weight excluding hydrogens is 296 g/mol. The van der Waals surface area contributed by atoms with Gasteiger partial charge >= 0.3 is 0 Å². The minimum atomic E-state index is -0.105. The monoisotopic (exact) mass is 332 g/mol. The van der Waals surface area contributed by atoms with Crippen molar-refractivity contribution in [2.45, 2.75) is 85.2 Å². The zero-order chi connectivity index (χ0) is 17.3. The average molecular weight is 333 g/mol. The summed E-state index contributed by atoms with van der Waals surface area (Å²) in [7, 11) is 0. The third kappa shape index (κ3) is 2.20. The number of ketones is 1. The van der Waals surface area contributed by atoms with Crippen molar-refractivity contribution in [3.63, 3.8) is 0 Å². The lowest BCUT2D eigenvalue weighted by Crippen LogP contribution is -2.55. The number of rotatable bonds is 1. The first-order valence-electron chi connectivity index (χ1n) is 10.5. The summed E-state index contributed by atoms with van der Waals surface area (Å²) in [5.74, 6) is 4.36. The molecule has 0 saturated heterocycles. The van der Waals surface area contributed by atoms with Crippen molar-refractivity contribution >= 4 is 5.78 Å². The maximum atomic E-state index is 12.2. The highest BCUT2D eigenvalue weighted by Gasteiger charge is 2.61. The van der Waals surface area contributed by atoms with E-state index in [-0.39, 0.29) is 11.5 Å². The van der Waals surface area contributed by atoms with Gasteiger partial charge in [0, 0.05) is 5.92 Å². The first kappa shape index (κ1) is 17.1. The van der Waals surface area contributed by atoms with E-state index in [9.17, 15) is 9.90 Å². The minimum Gasteiger partial charge on any atom is -0.393 e. The Balaban J connectivity index is 1.62. The standard InChI is InChI=1S/C22H36O2/c1-13-11-15-5-6-16-18-8-7-17(14(2)23)21(18,3)10-9-19(16)22(15,4)12-20(13)24/h13,15-20,24H,5-12H2,1-4H3/t13?,15?,16?,17-,18?,19?,20?,21-,22+/m1/s1. The molecule has 4 rings (SSSR count). The molecule has 4 aliphatic rings. The number of hydrogen-bond donors (Lipinski definition) is 1. The molecule has 0 aromatic rings. The molecule has 0 aliphatic heterocycles. The van der Waals surface area contributed by atoms with Gasteiger partial charge in [-0.1, -0.05) is 20.8 Å². The Hall–Kier alpha value is -0.370. The lowest BCUT2D eigenvalue weighted by Gasteiger charge is -2.61. The zero-order valence-corrected chi connectivity index (χ0v) is 16.1. The van der Waals surface area contributed by atoms with Crippen LogP contribution in [-0.4, -0.2) is 17.0 Å². The molecular formula is C22H36O2. The maximum absolute atomic E-state index is 12.2. The second-order valence-electron chi connectivity index (χ2n) is 10.4. The molecule has 0 spiro atoms. The van der Waals surface area contributed by atoms with E-state index in [1.807, 2.05) is 6.92 Å². The number of aliphatic hydroxyl groups excluding tert-OH is 1. The van der Waals surface area contributed by atoms with Crippen LogP contribution < -0.4 is 0 Å². The van der Waals surface area contributed by atoms with E-state index in [0.29, 0.717) is 23.0 Å². The van der Waals surface area contributed by atoms with E-state index < -0.39 is 0 Å². The quantitative estimate of drug-likeness (QED) is 0.746. The molecule has 0 aromatic heterocycles. The van der Waals surface area contributed by atoms with E-state index in [2.05, 4.69) is 20.8 Å². The molecule has 4 saturated carbocycles. The summed E-state index contributed by atoms with van der Waals surface area (Å²) in [4.78, 5) is 12.2. The van der Waals surface area contributed by atoms with Gasteiger partial charge in [-0.3, -0.25) is 4.79 Å². The van der Waals surface area contributed by atoms with Gasteiger partial charge in [-0.25, -0.2) is 0 Å². The van der Waals surface area contributed by atoms with E-state index in [0.717, 1.165) is 36.5 Å². The Bertz CT molecular complexity index is 528. The van der Waals surface area contributed by atoms with E-state index in [4.69, 9.17) is 0 Å². The van der Waals surface area contributed by atoms with Crippen LogP contribution in [0.5, 0.6) is 0 Å². The van der Waals surface area contributed by atoms with Gasteiger partial charge in [0.2, 0.25) is 0 Å². The zero-order valence-electron chi connectivity index (χ0n) is 16.1. The summed E-state index contributed by atoms with van der Waals surface area (Å²) >= 11 is 0. The average Bonchev–Trinajstić information content (AvgIpc) is 2.86. The Morgan fingerprint density at radius 3 is 2.42 bits per heavy atom. The van der Waals surface area contributed by atoms with Crippen molar-refractivity contribution in [1.82, 2.24) is 0 Å². The van der Waals surface area contributed by atoms with E-state index >= 15 is 0 Å². The third-order valence-corrected chi connectivity index (χ3v) is 9.52. The van der Waals surface area contributed by atoms with Crippen LogP contribution in [0.2, 0.25) is 0 Å². The number of aliphatic hydroxyl groups is 1. The fraction of sp³-hybridized carbons (Fsp3) is 0.955. The highest BCUT2D eigenvalue weighted by atomic mass is 16.3. The second kappa shape index (κ2) is 5.56. The summed E-state index contributed by atoms with van der Waals surface area (Å²) in [6, 6.07) is 0. The van der Waals surface area contributed by atoms with Gasteiger partial charge in [-0.15, -0.1) is 0 Å². The second-order valence-corrected chi connectivity index (χ2v) is 10.4. The van der Waals surface area contributed by atoms with Crippen LogP contribution in [0.3, 0.4) is 0 Å². The van der Waals surface area contributed by atoms with Crippen molar-refractivity contribution in [2.24, 2.45) is 46.3 Å². The van der Waals surface area contributed by atoms with Gasteiger partial charge in [0.15, 0.2) is 0 Å². The molecule has 2 nitrogen and oxygen atoms in total.